The second kappa shape index (κ2) is 9.71. The summed E-state index contributed by atoms with van der Waals surface area (Å²) >= 11 is 1.57. The maximum atomic E-state index is 12.8. The summed E-state index contributed by atoms with van der Waals surface area (Å²) in [6.45, 7) is 7.00. The lowest BCUT2D eigenvalue weighted by atomic mass is 10.2. The van der Waals surface area contributed by atoms with Crippen LogP contribution in [0, 0.1) is 0 Å². The summed E-state index contributed by atoms with van der Waals surface area (Å²) in [5.41, 5.74) is 0.691. The minimum Gasteiger partial charge on any atom is -0.353 e. The Kier molecular flexibility index (Phi) is 7.06. The zero-order valence-corrected chi connectivity index (χ0v) is 17.1. The van der Waals surface area contributed by atoms with Crippen molar-refractivity contribution in [3.8, 4) is 0 Å². The van der Waals surface area contributed by atoms with Gasteiger partial charge in [-0.3, -0.25) is 14.5 Å². The van der Waals surface area contributed by atoms with Gasteiger partial charge in [-0.15, -0.1) is 0 Å². The predicted molar refractivity (Wildman–Crippen MR) is 110 cm³/mol. The molecule has 0 radical (unpaired) electrons. The molecule has 2 aromatic rings. The topological polar surface area (TPSA) is 65.5 Å². The lowest BCUT2D eigenvalue weighted by Crippen LogP contribution is -2.51. The number of aromatic nitrogens is 1. The van der Waals surface area contributed by atoms with E-state index in [1.807, 2.05) is 61.2 Å². The van der Waals surface area contributed by atoms with Gasteiger partial charge in [0.15, 0.2) is 0 Å². The molecule has 0 atom stereocenters. The molecule has 148 valence electrons. The molecule has 2 amide bonds. The summed E-state index contributed by atoms with van der Waals surface area (Å²) in [7, 11) is 0. The molecular weight excluding hydrogens is 372 g/mol. The normalized spacial score (nSPS) is 14.9. The Morgan fingerprint density at radius 3 is 2.39 bits per heavy atom. The predicted octanol–water partition coefficient (Wildman–Crippen LogP) is 2.52. The number of pyridine rings is 1. The van der Waals surface area contributed by atoms with E-state index in [9.17, 15) is 9.59 Å². The van der Waals surface area contributed by atoms with E-state index in [-0.39, 0.29) is 17.9 Å². The van der Waals surface area contributed by atoms with E-state index in [1.165, 1.54) is 0 Å². The van der Waals surface area contributed by atoms with E-state index in [0.29, 0.717) is 38.3 Å². The Balaban J connectivity index is 1.50. The SMILES string of the molecule is CC(C)NC(=O)CN1CCN(C(=O)c2ccc(Sc3ccccn3)cc2)CC1. The van der Waals surface area contributed by atoms with E-state index in [1.54, 1.807) is 18.0 Å². The fourth-order valence-electron chi connectivity index (χ4n) is 3.06. The number of hydrogen-bond acceptors (Lipinski definition) is 5. The van der Waals surface area contributed by atoms with Crippen molar-refractivity contribution in [1.82, 2.24) is 20.1 Å². The first-order chi connectivity index (χ1) is 13.5. The van der Waals surface area contributed by atoms with Crippen LogP contribution in [0.1, 0.15) is 24.2 Å². The minimum atomic E-state index is 0.0378. The molecule has 0 spiro atoms. The maximum absolute atomic E-state index is 12.8. The third-order valence-corrected chi connectivity index (χ3v) is 5.40. The van der Waals surface area contributed by atoms with E-state index < -0.39 is 0 Å². The maximum Gasteiger partial charge on any atom is 0.253 e. The minimum absolute atomic E-state index is 0.0378. The van der Waals surface area contributed by atoms with Crippen molar-refractivity contribution >= 4 is 23.6 Å². The van der Waals surface area contributed by atoms with Crippen LogP contribution >= 0.6 is 11.8 Å². The van der Waals surface area contributed by atoms with Crippen molar-refractivity contribution in [2.75, 3.05) is 32.7 Å². The number of benzene rings is 1. The van der Waals surface area contributed by atoms with Crippen LogP contribution < -0.4 is 5.32 Å². The van der Waals surface area contributed by atoms with E-state index >= 15 is 0 Å². The highest BCUT2D eigenvalue weighted by molar-refractivity contribution is 7.99. The molecule has 1 N–H and O–H groups in total. The number of nitrogens with zero attached hydrogens (tertiary/aromatic N) is 3. The van der Waals surface area contributed by atoms with Crippen molar-refractivity contribution in [3.63, 3.8) is 0 Å². The summed E-state index contributed by atoms with van der Waals surface area (Å²) in [4.78, 5) is 33.9. The van der Waals surface area contributed by atoms with Crippen molar-refractivity contribution in [2.24, 2.45) is 0 Å². The molecule has 1 aromatic carbocycles. The average molecular weight is 399 g/mol. The molecule has 28 heavy (non-hydrogen) atoms. The van der Waals surface area contributed by atoms with Crippen LogP contribution in [0.25, 0.3) is 0 Å². The molecule has 1 aliphatic heterocycles. The molecule has 1 aromatic heterocycles. The van der Waals surface area contributed by atoms with Crippen LogP contribution in [-0.4, -0.2) is 65.4 Å². The van der Waals surface area contributed by atoms with Gasteiger partial charge in [0.1, 0.15) is 5.03 Å². The molecular formula is C21H26N4O2S. The molecule has 2 heterocycles. The highest BCUT2D eigenvalue weighted by Crippen LogP contribution is 2.26. The Hall–Kier alpha value is -2.38. The molecule has 1 aliphatic rings. The van der Waals surface area contributed by atoms with Crippen molar-refractivity contribution in [2.45, 2.75) is 29.8 Å². The Morgan fingerprint density at radius 2 is 1.79 bits per heavy atom. The fraction of sp³-hybridized carbons (Fsp3) is 0.381. The van der Waals surface area contributed by atoms with Crippen molar-refractivity contribution in [3.05, 3.63) is 54.2 Å². The number of rotatable bonds is 6. The van der Waals surface area contributed by atoms with Gasteiger partial charge in [-0.05, 0) is 50.2 Å². The van der Waals surface area contributed by atoms with Crippen LogP contribution in [0.5, 0.6) is 0 Å². The number of nitrogens with one attached hydrogen (secondary N) is 1. The molecule has 0 saturated carbocycles. The standard InChI is InChI=1S/C21H26N4O2S/c1-16(2)23-19(26)15-24-11-13-25(14-12-24)21(27)17-6-8-18(9-7-17)28-20-5-3-4-10-22-20/h3-10,16H,11-15H2,1-2H3,(H,23,26). The fourth-order valence-corrected chi connectivity index (χ4v) is 3.83. The average Bonchev–Trinajstić information content (AvgIpc) is 2.69. The van der Waals surface area contributed by atoms with Gasteiger partial charge in [-0.1, -0.05) is 17.8 Å². The van der Waals surface area contributed by atoms with Gasteiger partial charge in [0.05, 0.1) is 6.54 Å². The number of hydrogen-bond donors (Lipinski definition) is 1. The Bertz CT molecular complexity index is 788. The zero-order chi connectivity index (χ0) is 19.9. The monoisotopic (exact) mass is 398 g/mol. The first-order valence-corrected chi connectivity index (χ1v) is 10.3. The van der Waals surface area contributed by atoms with Gasteiger partial charge >= 0.3 is 0 Å². The molecule has 0 aliphatic carbocycles. The van der Waals surface area contributed by atoms with Gasteiger partial charge in [-0.25, -0.2) is 4.98 Å². The second-order valence-electron chi connectivity index (χ2n) is 7.08. The molecule has 1 saturated heterocycles. The quantitative estimate of drug-likeness (QED) is 0.810. The molecule has 0 bridgehead atoms. The summed E-state index contributed by atoms with van der Waals surface area (Å²) in [5, 5.41) is 3.83. The van der Waals surface area contributed by atoms with Crippen LogP contribution in [0.4, 0.5) is 0 Å². The van der Waals surface area contributed by atoms with Gasteiger partial charge in [0, 0.05) is 48.9 Å². The van der Waals surface area contributed by atoms with E-state index in [4.69, 9.17) is 0 Å². The number of carbonyl (C=O) groups excluding carboxylic acids is 2. The number of piperazine rings is 1. The Morgan fingerprint density at radius 1 is 1.07 bits per heavy atom. The highest BCUT2D eigenvalue weighted by Gasteiger charge is 2.23. The van der Waals surface area contributed by atoms with E-state index in [0.717, 1.165) is 9.92 Å². The summed E-state index contributed by atoms with van der Waals surface area (Å²) in [5.74, 6) is 0.0800. The van der Waals surface area contributed by atoms with Crippen molar-refractivity contribution < 1.29 is 9.59 Å². The first-order valence-electron chi connectivity index (χ1n) is 9.51. The van der Waals surface area contributed by atoms with Crippen LogP contribution in [0.2, 0.25) is 0 Å². The third kappa shape index (κ3) is 5.81. The second-order valence-corrected chi connectivity index (χ2v) is 8.18. The van der Waals surface area contributed by atoms with Crippen LogP contribution in [0.3, 0.4) is 0 Å². The highest BCUT2D eigenvalue weighted by atomic mass is 32.2. The first kappa shape index (κ1) is 20.4. The smallest absolute Gasteiger partial charge is 0.253 e. The summed E-state index contributed by atoms with van der Waals surface area (Å²) in [6, 6.07) is 13.6. The van der Waals surface area contributed by atoms with E-state index in [2.05, 4.69) is 15.2 Å². The number of carbonyl (C=O) groups is 2. The molecule has 6 nitrogen and oxygen atoms in total. The largest absolute Gasteiger partial charge is 0.353 e. The molecule has 3 rings (SSSR count). The van der Waals surface area contributed by atoms with Gasteiger partial charge in [0.25, 0.3) is 5.91 Å². The third-order valence-electron chi connectivity index (χ3n) is 4.44. The molecule has 7 heteroatoms. The lowest BCUT2D eigenvalue weighted by molar-refractivity contribution is -0.123. The Labute approximate surface area is 170 Å². The molecule has 0 unspecified atom stereocenters. The summed E-state index contributed by atoms with van der Waals surface area (Å²) in [6.07, 6.45) is 1.77. The number of amides is 2. The van der Waals surface area contributed by atoms with Gasteiger partial charge in [0.2, 0.25) is 5.91 Å². The molecule has 1 fully saturated rings. The van der Waals surface area contributed by atoms with Gasteiger partial charge in [-0.2, -0.15) is 0 Å². The van der Waals surface area contributed by atoms with Gasteiger partial charge < -0.3 is 10.2 Å². The lowest BCUT2D eigenvalue weighted by Gasteiger charge is -2.34. The van der Waals surface area contributed by atoms with Crippen LogP contribution in [-0.2, 0) is 4.79 Å². The summed E-state index contributed by atoms with van der Waals surface area (Å²) < 4.78 is 0. The van der Waals surface area contributed by atoms with Crippen molar-refractivity contribution in [1.29, 1.82) is 0 Å². The van der Waals surface area contributed by atoms with Crippen LogP contribution in [0.15, 0.2) is 58.6 Å². The zero-order valence-electron chi connectivity index (χ0n) is 16.3.